The summed E-state index contributed by atoms with van der Waals surface area (Å²) in [5.41, 5.74) is 1.92. The maximum absolute atomic E-state index is 13.9. The molecule has 0 saturated carbocycles. The van der Waals surface area contributed by atoms with Gasteiger partial charge in [-0.1, -0.05) is 18.2 Å². The summed E-state index contributed by atoms with van der Waals surface area (Å²) in [6, 6.07) is 11.1. The number of Topliss-reactive ketones (excluding diaryl/α,β-unsaturated/α-hetero) is 2. The number of para-hydroxylation sites is 1. The lowest BCUT2D eigenvalue weighted by molar-refractivity contribution is -0.119. The van der Waals surface area contributed by atoms with E-state index in [1.54, 1.807) is 24.3 Å². The van der Waals surface area contributed by atoms with E-state index in [4.69, 9.17) is 14.2 Å². The molecule has 0 atom stereocenters. The molecule has 0 bridgehead atoms. The molecular weight excluding hydrogens is 477 g/mol. The molecule has 1 aliphatic heterocycles. The minimum absolute atomic E-state index is 0.000671. The van der Waals surface area contributed by atoms with Gasteiger partial charge >= 0.3 is 0 Å². The summed E-state index contributed by atoms with van der Waals surface area (Å²) < 4.78 is 31.5. The van der Waals surface area contributed by atoms with Crippen molar-refractivity contribution in [2.24, 2.45) is 0 Å². The first-order valence-corrected chi connectivity index (χ1v) is 12.6. The Bertz CT molecular complexity index is 1290. The lowest BCUT2D eigenvalue weighted by atomic mass is 9.73. The molecule has 8 heteroatoms. The molecule has 1 amide bonds. The zero-order valence-electron chi connectivity index (χ0n) is 20.6. The van der Waals surface area contributed by atoms with E-state index in [2.05, 4.69) is 5.32 Å². The summed E-state index contributed by atoms with van der Waals surface area (Å²) in [5, 5.41) is 2.49. The number of hydrogen-bond acceptors (Lipinski definition) is 6. The minimum atomic E-state index is -0.538. The van der Waals surface area contributed by atoms with Crippen molar-refractivity contribution in [1.82, 2.24) is 0 Å². The van der Waals surface area contributed by atoms with Gasteiger partial charge in [-0.15, -0.1) is 0 Å². The summed E-state index contributed by atoms with van der Waals surface area (Å²) in [4.78, 5) is 38.4. The number of hydrogen-bond donors (Lipinski definition) is 1. The number of ether oxygens (including phenoxy) is 3. The normalized spacial score (nSPS) is 17.7. The number of halogens is 1. The molecule has 0 unspecified atom stereocenters. The van der Waals surface area contributed by atoms with Crippen LogP contribution in [-0.2, 0) is 19.1 Å². The zero-order chi connectivity index (χ0) is 25.9. The quantitative estimate of drug-likeness (QED) is 0.544. The Hall–Kier alpha value is -3.94. The van der Waals surface area contributed by atoms with Gasteiger partial charge in [0.15, 0.2) is 29.7 Å². The highest BCUT2D eigenvalue weighted by molar-refractivity contribution is 6.05. The fraction of sp³-hybridized carbons (Fsp3) is 0.345. The third-order valence-electron chi connectivity index (χ3n) is 6.75. The molecule has 192 valence electrons. The molecule has 0 saturated heterocycles. The number of carbonyl (C=O) groups is 3. The SMILES string of the molecule is CCOc1cc(C2C3=C(CCCC3=O)OC3=C2C(=O)CCC3)ccc1OCC(=O)Nc1ccccc1F. The van der Waals surface area contributed by atoms with Crippen molar-refractivity contribution in [3.63, 3.8) is 0 Å². The average Bonchev–Trinajstić information content (AvgIpc) is 2.89. The molecule has 2 aromatic carbocycles. The Morgan fingerprint density at radius 2 is 1.62 bits per heavy atom. The van der Waals surface area contributed by atoms with Crippen LogP contribution in [0.15, 0.2) is 65.1 Å². The largest absolute Gasteiger partial charge is 0.490 e. The van der Waals surface area contributed by atoms with Crippen LogP contribution in [-0.4, -0.2) is 30.7 Å². The summed E-state index contributed by atoms with van der Waals surface area (Å²) in [6.45, 7) is 1.81. The molecular formula is C29H28FNO6. The summed E-state index contributed by atoms with van der Waals surface area (Å²) >= 11 is 0. The van der Waals surface area contributed by atoms with Crippen molar-refractivity contribution < 1.29 is 33.0 Å². The smallest absolute Gasteiger partial charge is 0.262 e. The molecule has 0 aromatic heterocycles. The van der Waals surface area contributed by atoms with Gasteiger partial charge < -0.3 is 19.5 Å². The van der Waals surface area contributed by atoms with Crippen LogP contribution in [0.1, 0.15) is 56.9 Å². The number of benzene rings is 2. The highest BCUT2D eigenvalue weighted by Crippen LogP contribution is 2.48. The van der Waals surface area contributed by atoms with Crippen LogP contribution in [0, 0.1) is 5.82 Å². The molecule has 1 N–H and O–H groups in total. The molecule has 3 aliphatic rings. The molecule has 0 spiro atoms. The molecule has 1 heterocycles. The molecule has 2 aliphatic carbocycles. The van der Waals surface area contributed by atoms with Crippen molar-refractivity contribution in [3.8, 4) is 11.5 Å². The van der Waals surface area contributed by atoms with Crippen molar-refractivity contribution in [1.29, 1.82) is 0 Å². The Labute approximate surface area is 214 Å². The minimum Gasteiger partial charge on any atom is -0.490 e. The highest BCUT2D eigenvalue weighted by atomic mass is 19.1. The van der Waals surface area contributed by atoms with Gasteiger partial charge in [0.1, 0.15) is 17.3 Å². The van der Waals surface area contributed by atoms with Crippen molar-refractivity contribution in [3.05, 3.63) is 76.5 Å². The molecule has 5 rings (SSSR count). The molecule has 0 fully saturated rings. The lowest BCUT2D eigenvalue weighted by Crippen LogP contribution is -2.30. The average molecular weight is 506 g/mol. The topological polar surface area (TPSA) is 90.9 Å². The highest BCUT2D eigenvalue weighted by Gasteiger charge is 2.42. The van der Waals surface area contributed by atoms with Gasteiger partial charge in [0.2, 0.25) is 0 Å². The van der Waals surface area contributed by atoms with Crippen LogP contribution in [0.25, 0.3) is 0 Å². The first-order valence-electron chi connectivity index (χ1n) is 12.6. The standard InChI is InChI=1S/C29H28FNO6/c1-2-35-25-15-17(13-14-22(25)36-16-26(34)31-19-8-4-3-7-18(19)30)27-28-20(32)9-5-11-23(28)37-24-12-6-10-21(33)29(24)27/h3-4,7-8,13-15,27H,2,5-6,9-12,16H2,1H3,(H,31,34). The van der Waals surface area contributed by atoms with Crippen molar-refractivity contribution >= 4 is 23.2 Å². The van der Waals surface area contributed by atoms with Crippen LogP contribution >= 0.6 is 0 Å². The van der Waals surface area contributed by atoms with E-state index in [0.29, 0.717) is 66.5 Å². The third-order valence-corrected chi connectivity index (χ3v) is 6.75. The van der Waals surface area contributed by atoms with Gasteiger partial charge in [0, 0.05) is 42.7 Å². The molecule has 37 heavy (non-hydrogen) atoms. The van der Waals surface area contributed by atoms with Crippen LogP contribution in [0.2, 0.25) is 0 Å². The number of ketones is 2. The Kier molecular flexibility index (Phi) is 7.08. The third kappa shape index (κ3) is 5.01. The van der Waals surface area contributed by atoms with E-state index in [-0.39, 0.29) is 23.9 Å². The number of carbonyl (C=O) groups excluding carboxylic acids is 3. The Balaban J connectivity index is 1.43. The van der Waals surface area contributed by atoms with E-state index in [9.17, 15) is 18.8 Å². The summed E-state index contributed by atoms with van der Waals surface area (Å²) in [5.74, 6) is 0.469. The van der Waals surface area contributed by atoms with Gasteiger partial charge in [0.25, 0.3) is 5.91 Å². The fourth-order valence-corrected chi connectivity index (χ4v) is 5.13. The number of allylic oxidation sites excluding steroid dienone is 4. The number of amides is 1. The summed E-state index contributed by atoms with van der Waals surface area (Å²) in [7, 11) is 0. The van der Waals surface area contributed by atoms with Gasteiger partial charge in [-0.3, -0.25) is 14.4 Å². The first-order chi connectivity index (χ1) is 18.0. The molecule has 7 nitrogen and oxygen atoms in total. The van der Waals surface area contributed by atoms with Crippen molar-refractivity contribution in [2.45, 2.75) is 51.4 Å². The maximum Gasteiger partial charge on any atom is 0.262 e. The number of rotatable bonds is 7. The fourth-order valence-electron chi connectivity index (χ4n) is 5.13. The van der Waals surface area contributed by atoms with Gasteiger partial charge in [-0.2, -0.15) is 0 Å². The predicted molar refractivity (Wildman–Crippen MR) is 134 cm³/mol. The maximum atomic E-state index is 13.9. The molecule has 2 aromatic rings. The van der Waals surface area contributed by atoms with E-state index in [1.165, 1.54) is 18.2 Å². The number of nitrogens with one attached hydrogen (secondary N) is 1. The van der Waals surface area contributed by atoms with Crippen LogP contribution in [0.5, 0.6) is 11.5 Å². The van der Waals surface area contributed by atoms with Gasteiger partial charge in [-0.05, 0) is 49.6 Å². The monoisotopic (exact) mass is 505 g/mol. The van der Waals surface area contributed by atoms with E-state index < -0.39 is 17.6 Å². The second kappa shape index (κ2) is 10.6. The van der Waals surface area contributed by atoms with Crippen LogP contribution in [0.3, 0.4) is 0 Å². The molecule has 0 radical (unpaired) electrons. The van der Waals surface area contributed by atoms with Gasteiger partial charge in [0.05, 0.1) is 12.3 Å². The number of anilines is 1. The Morgan fingerprint density at radius 1 is 0.946 bits per heavy atom. The zero-order valence-corrected chi connectivity index (χ0v) is 20.6. The lowest BCUT2D eigenvalue weighted by Gasteiger charge is -2.36. The van der Waals surface area contributed by atoms with E-state index in [0.717, 1.165) is 18.4 Å². The summed E-state index contributed by atoms with van der Waals surface area (Å²) in [6.07, 6.45) is 3.64. The van der Waals surface area contributed by atoms with E-state index >= 15 is 0 Å². The first kappa shape index (κ1) is 24.7. The second-order valence-electron chi connectivity index (χ2n) is 9.22. The van der Waals surface area contributed by atoms with E-state index in [1.807, 2.05) is 6.92 Å². The van der Waals surface area contributed by atoms with Crippen LogP contribution < -0.4 is 14.8 Å². The second-order valence-corrected chi connectivity index (χ2v) is 9.22. The predicted octanol–water partition coefficient (Wildman–Crippen LogP) is 5.37. The van der Waals surface area contributed by atoms with Crippen LogP contribution in [0.4, 0.5) is 10.1 Å². The van der Waals surface area contributed by atoms with Crippen molar-refractivity contribution in [2.75, 3.05) is 18.5 Å². The van der Waals surface area contributed by atoms with Gasteiger partial charge in [-0.25, -0.2) is 4.39 Å². The Morgan fingerprint density at radius 3 is 2.27 bits per heavy atom.